The lowest BCUT2D eigenvalue weighted by Crippen LogP contribution is -2.38. The van der Waals surface area contributed by atoms with Crippen LogP contribution >= 0.6 is 35.3 Å². The Morgan fingerprint density at radius 3 is 2.68 bits per heavy atom. The van der Waals surface area contributed by atoms with Crippen LogP contribution < -0.4 is 10.6 Å². The van der Waals surface area contributed by atoms with Crippen LogP contribution in [0.3, 0.4) is 0 Å². The summed E-state index contributed by atoms with van der Waals surface area (Å²) in [5.74, 6) is 0.730. The Bertz CT molecular complexity index is 682. The van der Waals surface area contributed by atoms with E-state index in [0.29, 0.717) is 12.5 Å². The summed E-state index contributed by atoms with van der Waals surface area (Å²) in [6.45, 7) is 2.70. The summed E-state index contributed by atoms with van der Waals surface area (Å²) in [5, 5.41) is 13.6. The lowest BCUT2D eigenvalue weighted by atomic mass is 10.1. The summed E-state index contributed by atoms with van der Waals surface area (Å²) in [6.07, 6.45) is -3.11. The third kappa shape index (κ3) is 6.17. The summed E-state index contributed by atoms with van der Waals surface area (Å²) in [6, 6.07) is 2.05. The number of nitrogens with one attached hydrogen (secondary N) is 2. The van der Waals surface area contributed by atoms with Crippen LogP contribution in [-0.2, 0) is 19.8 Å². The largest absolute Gasteiger partial charge is 0.435 e. The SMILES string of the molecule is CN=C(NCc1cn(C)nc1C(F)(F)F)NCC(C)c1ccsc1.I. The van der Waals surface area contributed by atoms with E-state index >= 15 is 0 Å². The predicted octanol–water partition coefficient (Wildman–Crippen LogP) is 3.59. The molecule has 0 aliphatic carbocycles. The first-order chi connectivity index (χ1) is 11.3. The smallest absolute Gasteiger partial charge is 0.356 e. The van der Waals surface area contributed by atoms with Crippen LogP contribution in [-0.4, -0.2) is 29.3 Å². The highest BCUT2D eigenvalue weighted by atomic mass is 127. The fourth-order valence-electron chi connectivity index (χ4n) is 2.23. The quantitative estimate of drug-likeness (QED) is 0.385. The summed E-state index contributed by atoms with van der Waals surface area (Å²) in [5.41, 5.74) is 0.424. The molecule has 5 nitrogen and oxygen atoms in total. The molecule has 0 radical (unpaired) electrons. The van der Waals surface area contributed by atoms with Crippen LogP contribution in [0.15, 0.2) is 28.0 Å². The van der Waals surface area contributed by atoms with Crippen LogP contribution in [0.25, 0.3) is 0 Å². The number of nitrogens with zero attached hydrogens (tertiary/aromatic N) is 3. The van der Waals surface area contributed by atoms with Gasteiger partial charge >= 0.3 is 6.18 Å². The summed E-state index contributed by atoms with van der Waals surface area (Å²) in [7, 11) is 3.05. The van der Waals surface area contributed by atoms with Gasteiger partial charge in [0.2, 0.25) is 0 Å². The van der Waals surface area contributed by atoms with Gasteiger partial charge in [-0.25, -0.2) is 0 Å². The Balaban J connectivity index is 0.00000312. The van der Waals surface area contributed by atoms with E-state index in [4.69, 9.17) is 0 Å². The van der Waals surface area contributed by atoms with Crippen LogP contribution in [0.1, 0.15) is 29.7 Å². The van der Waals surface area contributed by atoms with Gasteiger partial charge in [-0.3, -0.25) is 9.67 Å². The van der Waals surface area contributed by atoms with Gasteiger partial charge < -0.3 is 10.6 Å². The van der Waals surface area contributed by atoms with Crippen LogP contribution in [0.4, 0.5) is 13.2 Å². The van der Waals surface area contributed by atoms with E-state index in [9.17, 15) is 13.2 Å². The first-order valence-corrected chi connectivity index (χ1v) is 8.32. The summed E-state index contributed by atoms with van der Waals surface area (Å²) < 4.78 is 40.0. The van der Waals surface area contributed by atoms with E-state index in [1.165, 1.54) is 18.8 Å². The van der Waals surface area contributed by atoms with Gasteiger partial charge in [0.25, 0.3) is 0 Å². The molecule has 0 aromatic carbocycles. The summed E-state index contributed by atoms with van der Waals surface area (Å²) >= 11 is 1.63. The maximum atomic E-state index is 12.9. The van der Waals surface area contributed by atoms with Gasteiger partial charge in [-0.05, 0) is 28.3 Å². The minimum Gasteiger partial charge on any atom is -0.356 e. The monoisotopic (exact) mass is 487 g/mol. The van der Waals surface area contributed by atoms with Crippen molar-refractivity contribution in [3.05, 3.63) is 39.8 Å². The van der Waals surface area contributed by atoms with Gasteiger partial charge in [-0.2, -0.15) is 29.6 Å². The molecule has 2 heterocycles. The number of alkyl halides is 3. The third-order valence-electron chi connectivity index (χ3n) is 3.53. The second-order valence-corrected chi connectivity index (χ2v) is 6.22. The number of rotatable bonds is 5. The zero-order valence-corrected chi connectivity index (χ0v) is 17.2. The van der Waals surface area contributed by atoms with Crippen molar-refractivity contribution in [2.75, 3.05) is 13.6 Å². The number of aromatic nitrogens is 2. The van der Waals surface area contributed by atoms with Gasteiger partial charge in [0, 0.05) is 38.9 Å². The molecule has 2 rings (SSSR count). The van der Waals surface area contributed by atoms with E-state index in [2.05, 4.69) is 39.1 Å². The van der Waals surface area contributed by atoms with Crippen molar-refractivity contribution in [3.63, 3.8) is 0 Å². The van der Waals surface area contributed by atoms with Crippen LogP contribution in [0, 0.1) is 0 Å². The van der Waals surface area contributed by atoms with E-state index in [1.54, 1.807) is 18.4 Å². The second-order valence-electron chi connectivity index (χ2n) is 5.44. The average molecular weight is 487 g/mol. The molecule has 2 aromatic rings. The Morgan fingerprint density at radius 1 is 1.40 bits per heavy atom. The van der Waals surface area contributed by atoms with Crippen molar-refractivity contribution in [1.82, 2.24) is 20.4 Å². The Morgan fingerprint density at radius 2 is 2.12 bits per heavy atom. The van der Waals surface area contributed by atoms with Gasteiger partial charge in [-0.1, -0.05) is 6.92 Å². The van der Waals surface area contributed by atoms with Crippen LogP contribution in [0.5, 0.6) is 0 Å². The van der Waals surface area contributed by atoms with Gasteiger partial charge in [0.05, 0.1) is 0 Å². The number of guanidine groups is 1. The molecule has 10 heteroatoms. The normalized spacial score (nSPS) is 13.3. The minimum absolute atomic E-state index is 0. The van der Waals surface area contributed by atoms with E-state index < -0.39 is 11.9 Å². The molecule has 0 amide bonds. The molecule has 0 saturated carbocycles. The van der Waals surface area contributed by atoms with Crippen molar-refractivity contribution in [2.24, 2.45) is 12.0 Å². The van der Waals surface area contributed by atoms with Gasteiger partial charge in [0.1, 0.15) is 0 Å². The number of hydrogen-bond acceptors (Lipinski definition) is 3. The fraction of sp³-hybridized carbons (Fsp3) is 0.467. The number of aliphatic imine (C=N–C) groups is 1. The minimum atomic E-state index is -4.47. The standard InChI is InChI=1S/C15H20F3N5S.HI/c1-10(11-4-5-24-9-11)6-20-14(19-2)21-7-12-8-23(3)22-13(12)15(16,17)18;/h4-5,8-10H,6-7H2,1-3H3,(H2,19,20,21);1H. The highest BCUT2D eigenvalue weighted by Gasteiger charge is 2.36. The fourth-order valence-corrected chi connectivity index (χ4v) is 3.01. The number of thiophene rings is 1. The second kappa shape index (κ2) is 9.41. The molecular formula is C15H21F3IN5S. The van der Waals surface area contributed by atoms with Crippen molar-refractivity contribution in [3.8, 4) is 0 Å². The lowest BCUT2D eigenvalue weighted by molar-refractivity contribution is -0.142. The number of aryl methyl sites for hydroxylation is 1. The van der Waals surface area contributed by atoms with E-state index in [-0.39, 0.29) is 42.0 Å². The third-order valence-corrected chi connectivity index (χ3v) is 4.23. The lowest BCUT2D eigenvalue weighted by Gasteiger charge is -2.15. The molecule has 0 spiro atoms. The van der Waals surface area contributed by atoms with Crippen molar-refractivity contribution in [1.29, 1.82) is 0 Å². The Hall–Kier alpha value is -1.30. The van der Waals surface area contributed by atoms with E-state index in [1.807, 2.05) is 5.38 Å². The van der Waals surface area contributed by atoms with Gasteiger partial charge in [0.15, 0.2) is 11.7 Å². The van der Waals surface area contributed by atoms with Crippen molar-refractivity contribution in [2.45, 2.75) is 25.6 Å². The molecule has 0 saturated heterocycles. The molecule has 2 aromatic heterocycles. The Labute approximate surface area is 165 Å². The number of hydrogen-bond donors (Lipinski definition) is 2. The number of halogens is 4. The Kier molecular flexibility index (Phi) is 8.19. The van der Waals surface area contributed by atoms with E-state index in [0.717, 1.165) is 4.68 Å². The maximum Gasteiger partial charge on any atom is 0.435 e. The highest BCUT2D eigenvalue weighted by Crippen LogP contribution is 2.30. The zero-order chi connectivity index (χ0) is 17.7. The first kappa shape index (κ1) is 21.7. The topological polar surface area (TPSA) is 54.2 Å². The molecule has 0 aliphatic rings. The molecule has 1 unspecified atom stereocenters. The molecule has 0 aliphatic heterocycles. The molecule has 0 bridgehead atoms. The molecule has 25 heavy (non-hydrogen) atoms. The highest BCUT2D eigenvalue weighted by molar-refractivity contribution is 14.0. The zero-order valence-electron chi connectivity index (χ0n) is 14.1. The molecule has 1 atom stereocenters. The van der Waals surface area contributed by atoms with Crippen molar-refractivity contribution < 1.29 is 13.2 Å². The van der Waals surface area contributed by atoms with Gasteiger partial charge in [-0.15, -0.1) is 24.0 Å². The predicted molar refractivity (Wildman–Crippen MR) is 105 cm³/mol. The van der Waals surface area contributed by atoms with Crippen LogP contribution in [0.2, 0.25) is 0 Å². The summed E-state index contributed by atoms with van der Waals surface area (Å²) in [4.78, 5) is 4.04. The molecule has 2 N–H and O–H groups in total. The first-order valence-electron chi connectivity index (χ1n) is 7.37. The molecule has 140 valence electrons. The van der Waals surface area contributed by atoms with Crippen molar-refractivity contribution >= 4 is 41.3 Å². The molecule has 0 fully saturated rings. The average Bonchev–Trinajstić information content (AvgIpc) is 3.16. The maximum absolute atomic E-state index is 12.9. The molecular weight excluding hydrogens is 466 g/mol.